The minimum absolute atomic E-state index is 0.230. The summed E-state index contributed by atoms with van der Waals surface area (Å²) >= 11 is 0. The molecule has 0 spiro atoms. The Morgan fingerprint density at radius 3 is 2.36 bits per heavy atom. The van der Waals surface area contributed by atoms with Gasteiger partial charge in [0.25, 0.3) is 0 Å². The van der Waals surface area contributed by atoms with Crippen LogP contribution in [0.1, 0.15) is 89.3 Å². The maximum atomic E-state index is 4.52. The molecule has 0 radical (unpaired) electrons. The van der Waals surface area contributed by atoms with E-state index in [9.17, 15) is 0 Å². The van der Waals surface area contributed by atoms with Gasteiger partial charge in [-0.1, -0.05) is 78.0 Å². The second kappa shape index (κ2) is 7.85. The molecule has 1 nitrogen and oxygen atoms in total. The molecule has 1 unspecified atom stereocenters. The molecule has 1 heteroatoms. The van der Waals surface area contributed by atoms with Crippen molar-refractivity contribution in [2.45, 2.75) is 83.5 Å². The first-order valence-corrected chi connectivity index (χ1v) is 10.8. The molecule has 1 fully saturated rings. The van der Waals surface area contributed by atoms with E-state index in [1.54, 1.807) is 0 Å². The highest BCUT2D eigenvalue weighted by Crippen LogP contribution is 2.48. The third-order valence-electron chi connectivity index (χ3n) is 6.85. The summed E-state index contributed by atoms with van der Waals surface area (Å²) in [4.78, 5) is 4.52. The fourth-order valence-corrected chi connectivity index (χ4v) is 4.49. The molecule has 0 aliphatic heterocycles. The monoisotopic (exact) mass is 375 g/mol. The Labute approximate surface area is 172 Å². The summed E-state index contributed by atoms with van der Waals surface area (Å²) in [6, 6.07) is 7.23. The van der Waals surface area contributed by atoms with Crippen molar-refractivity contribution in [3.05, 3.63) is 71.5 Å². The molecule has 2 aliphatic carbocycles. The molecule has 0 amide bonds. The Bertz CT molecular complexity index is 815. The van der Waals surface area contributed by atoms with Crippen molar-refractivity contribution < 1.29 is 0 Å². The lowest BCUT2D eigenvalue weighted by atomic mass is 9.62. The molecule has 1 saturated carbocycles. The van der Waals surface area contributed by atoms with E-state index in [1.807, 2.05) is 25.3 Å². The van der Waals surface area contributed by atoms with Crippen LogP contribution in [0.4, 0.5) is 0 Å². The molecule has 0 aromatic heterocycles. The normalized spacial score (nSPS) is 21.6. The largest absolute Gasteiger partial charge is 0.257 e. The molecule has 0 heterocycles. The van der Waals surface area contributed by atoms with E-state index >= 15 is 0 Å². The molecule has 0 N–H and O–H groups in total. The Hall–Kier alpha value is -1.89. The number of nitrogens with zero attached hydrogens (tertiary/aromatic N) is 1. The van der Waals surface area contributed by atoms with Gasteiger partial charge in [-0.2, -0.15) is 0 Å². The Morgan fingerprint density at radius 1 is 1.11 bits per heavy atom. The van der Waals surface area contributed by atoms with E-state index < -0.39 is 0 Å². The minimum Gasteiger partial charge on any atom is -0.257 e. The zero-order valence-corrected chi connectivity index (χ0v) is 18.5. The average Bonchev–Trinajstić information content (AvgIpc) is 3.47. The number of allylic oxidation sites excluding steroid dienone is 3. The van der Waals surface area contributed by atoms with Gasteiger partial charge in [-0.3, -0.25) is 4.99 Å². The number of fused-ring (bicyclic) bond motifs is 1. The molecule has 1 atom stereocenters. The summed E-state index contributed by atoms with van der Waals surface area (Å²) in [6.07, 6.45) is 12.1. The standard InChI is InChI=1S/C27H37N/c1-8-9-16-28-20(3)19(2)23(17-21-10-11-21)22-12-13-24-25(18-22)27(6,7)15-14-26(24,4)5/h8-9,12-13,16,18,21,23H,2-3,10-11,14-15,17H2,1,4-7H3/b9-8-,28-16?. The van der Waals surface area contributed by atoms with Crippen molar-refractivity contribution in [3.8, 4) is 0 Å². The summed E-state index contributed by atoms with van der Waals surface area (Å²) in [6.45, 7) is 20.2. The smallest absolute Gasteiger partial charge is 0.0590 e. The Balaban J connectivity index is 1.97. The van der Waals surface area contributed by atoms with Crippen LogP contribution in [0, 0.1) is 5.92 Å². The molecule has 0 bridgehead atoms. The topological polar surface area (TPSA) is 12.4 Å². The van der Waals surface area contributed by atoms with Gasteiger partial charge in [-0.25, -0.2) is 0 Å². The van der Waals surface area contributed by atoms with Crippen molar-refractivity contribution >= 4 is 6.21 Å². The van der Waals surface area contributed by atoms with Crippen LogP contribution < -0.4 is 0 Å². The van der Waals surface area contributed by atoms with Crippen LogP contribution in [-0.4, -0.2) is 6.21 Å². The fraction of sp³-hybridized carbons (Fsp3) is 0.519. The summed E-state index contributed by atoms with van der Waals surface area (Å²) in [5, 5.41) is 0. The number of rotatable bonds is 7. The highest BCUT2D eigenvalue weighted by Gasteiger charge is 2.38. The van der Waals surface area contributed by atoms with Gasteiger partial charge in [0.2, 0.25) is 0 Å². The molecule has 1 aromatic rings. The zero-order valence-electron chi connectivity index (χ0n) is 18.5. The lowest BCUT2D eigenvalue weighted by molar-refractivity contribution is 0.331. The summed E-state index contributed by atoms with van der Waals surface area (Å²) in [5.41, 5.74) is 6.80. The second-order valence-electron chi connectivity index (χ2n) is 10.1. The first-order chi connectivity index (χ1) is 13.2. The lowest BCUT2D eigenvalue weighted by Gasteiger charge is -2.42. The van der Waals surface area contributed by atoms with Gasteiger partial charge < -0.3 is 0 Å². The lowest BCUT2D eigenvalue weighted by Crippen LogP contribution is -2.34. The van der Waals surface area contributed by atoms with Crippen molar-refractivity contribution in [3.63, 3.8) is 0 Å². The number of hydrogen-bond donors (Lipinski definition) is 0. The van der Waals surface area contributed by atoms with Gasteiger partial charge in [-0.05, 0) is 71.3 Å². The highest BCUT2D eigenvalue weighted by molar-refractivity contribution is 5.72. The molecule has 1 aromatic carbocycles. The maximum Gasteiger partial charge on any atom is 0.0590 e. The summed E-state index contributed by atoms with van der Waals surface area (Å²) in [5.74, 6) is 1.14. The third kappa shape index (κ3) is 4.40. The van der Waals surface area contributed by atoms with Gasteiger partial charge >= 0.3 is 0 Å². The molecular formula is C27H37N. The predicted octanol–water partition coefficient (Wildman–Crippen LogP) is 7.64. The number of aliphatic imine (C=N–C) groups is 1. The first kappa shape index (κ1) is 20.8. The fourth-order valence-electron chi connectivity index (χ4n) is 4.49. The van der Waals surface area contributed by atoms with Crippen LogP contribution in [0.3, 0.4) is 0 Å². The quantitative estimate of drug-likeness (QED) is 0.343. The van der Waals surface area contributed by atoms with Crippen LogP contribution in [0.2, 0.25) is 0 Å². The summed E-state index contributed by atoms with van der Waals surface area (Å²) in [7, 11) is 0. The molecule has 150 valence electrons. The minimum atomic E-state index is 0.230. The maximum absolute atomic E-state index is 4.52. The van der Waals surface area contributed by atoms with E-state index in [0.29, 0.717) is 5.92 Å². The van der Waals surface area contributed by atoms with Gasteiger partial charge in [0, 0.05) is 12.1 Å². The van der Waals surface area contributed by atoms with E-state index in [1.165, 1.54) is 48.8 Å². The van der Waals surface area contributed by atoms with E-state index in [2.05, 4.69) is 64.0 Å². The van der Waals surface area contributed by atoms with Crippen LogP contribution >= 0.6 is 0 Å². The Kier molecular flexibility index (Phi) is 5.84. The van der Waals surface area contributed by atoms with Crippen molar-refractivity contribution in [1.82, 2.24) is 0 Å². The molecular weight excluding hydrogens is 338 g/mol. The number of benzene rings is 1. The van der Waals surface area contributed by atoms with Crippen LogP contribution in [0.15, 0.2) is 59.8 Å². The van der Waals surface area contributed by atoms with E-state index in [0.717, 1.165) is 17.2 Å². The number of hydrogen-bond acceptors (Lipinski definition) is 1. The van der Waals surface area contributed by atoms with Crippen molar-refractivity contribution in [1.29, 1.82) is 0 Å². The molecule has 2 aliphatic rings. The second-order valence-corrected chi connectivity index (χ2v) is 10.1. The molecule has 0 saturated heterocycles. The van der Waals surface area contributed by atoms with Gasteiger partial charge in [0.1, 0.15) is 0 Å². The van der Waals surface area contributed by atoms with Crippen molar-refractivity contribution in [2.75, 3.05) is 0 Å². The van der Waals surface area contributed by atoms with Crippen LogP contribution in [0.25, 0.3) is 0 Å². The van der Waals surface area contributed by atoms with E-state index in [4.69, 9.17) is 0 Å². The molecule has 28 heavy (non-hydrogen) atoms. The van der Waals surface area contributed by atoms with E-state index in [-0.39, 0.29) is 10.8 Å². The van der Waals surface area contributed by atoms with Crippen LogP contribution in [-0.2, 0) is 10.8 Å². The highest BCUT2D eigenvalue weighted by atomic mass is 14.7. The Morgan fingerprint density at radius 2 is 1.75 bits per heavy atom. The van der Waals surface area contributed by atoms with Gasteiger partial charge in [-0.15, -0.1) is 0 Å². The SMILES string of the molecule is C=C(N=C/C=C\C)C(=C)C(CC1CC1)c1ccc2c(c1)C(C)(C)CCC2(C)C. The first-order valence-electron chi connectivity index (χ1n) is 10.8. The van der Waals surface area contributed by atoms with Crippen LogP contribution in [0.5, 0.6) is 0 Å². The average molecular weight is 376 g/mol. The zero-order chi connectivity index (χ0) is 20.5. The van der Waals surface area contributed by atoms with Crippen molar-refractivity contribution in [2.24, 2.45) is 10.9 Å². The molecule has 3 rings (SSSR count). The van der Waals surface area contributed by atoms with Gasteiger partial charge in [0.05, 0.1) is 5.70 Å². The predicted molar refractivity (Wildman–Crippen MR) is 123 cm³/mol. The summed E-state index contributed by atoms with van der Waals surface area (Å²) < 4.78 is 0. The third-order valence-corrected chi connectivity index (χ3v) is 6.85. The van der Waals surface area contributed by atoms with Gasteiger partial charge in [0.15, 0.2) is 0 Å².